The highest BCUT2D eigenvalue weighted by Gasteiger charge is 2.17. The van der Waals surface area contributed by atoms with Gasteiger partial charge in [-0.15, -0.1) is 0 Å². The Morgan fingerprint density at radius 3 is 2.42 bits per heavy atom. The van der Waals surface area contributed by atoms with Gasteiger partial charge < -0.3 is 4.98 Å². The van der Waals surface area contributed by atoms with Gasteiger partial charge in [-0.3, -0.25) is 19.5 Å². The molecule has 1 N–H and O–H groups in total. The zero-order chi connectivity index (χ0) is 21.4. The lowest BCUT2D eigenvalue weighted by atomic mass is 10.2. The summed E-state index contributed by atoms with van der Waals surface area (Å²) in [7, 11) is 0. The molecule has 5 rings (SSSR count). The summed E-state index contributed by atoms with van der Waals surface area (Å²) in [6, 6.07) is 23.5. The van der Waals surface area contributed by atoms with Crippen LogP contribution in [0, 0.1) is 10.1 Å². The van der Waals surface area contributed by atoms with E-state index >= 15 is 0 Å². The minimum Gasteiger partial charge on any atom is -0.349 e. The van der Waals surface area contributed by atoms with Crippen molar-refractivity contribution in [2.75, 3.05) is 0 Å². The molecule has 0 amide bonds. The molecule has 5 aromatic rings. The van der Waals surface area contributed by atoms with Crippen LogP contribution in [0.4, 0.5) is 5.69 Å². The SMILES string of the molecule is O=c1c2[nH]c3ccccc3c2nc(SCc2ccc([N+](=O)[O-])cc2)n1-c1ccccc1. The third kappa shape index (κ3) is 3.47. The number of nitrogens with zero attached hydrogens (tertiary/aromatic N) is 3. The Hall–Kier alpha value is -3.91. The molecule has 0 saturated carbocycles. The van der Waals surface area contributed by atoms with Gasteiger partial charge in [-0.2, -0.15) is 0 Å². The van der Waals surface area contributed by atoms with E-state index in [1.165, 1.54) is 23.9 Å². The number of para-hydroxylation sites is 2. The molecular formula is C23H16N4O3S. The van der Waals surface area contributed by atoms with Gasteiger partial charge in [0.2, 0.25) is 0 Å². The number of hydrogen-bond acceptors (Lipinski definition) is 5. The van der Waals surface area contributed by atoms with Crippen molar-refractivity contribution in [1.29, 1.82) is 0 Å². The zero-order valence-electron chi connectivity index (χ0n) is 16.2. The molecule has 8 heteroatoms. The average molecular weight is 428 g/mol. The number of nitro benzene ring substituents is 1. The predicted molar refractivity (Wildman–Crippen MR) is 122 cm³/mol. The van der Waals surface area contributed by atoms with Crippen LogP contribution < -0.4 is 5.56 Å². The van der Waals surface area contributed by atoms with Crippen LogP contribution in [0.5, 0.6) is 0 Å². The molecule has 0 radical (unpaired) electrons. The van der Waals surface area contributed by atoms with Gasteiger partial charge in [0.05, 0.1) is 10.6 Å². The summed E-state index contributed by atoms with van der Waals surface area (Å²) in [5.74, 6) is 0.519. The van der Waals surface area contributed by atoms with Crippen LogP contribution in [0.1, 0.15) is 5.56 Å². The Balaban J connectivity index is 1.63. The number of nitrogens with one attached hydrogen (secondary N) is 1. The molecule has 0 atom stereocenters. The summed E-state index contributed by atoms with van der Waals surface area (Å²) >= 11 is 1.42. The number of nitro groups is 1. The lowest BCUT2D eigenvalue weighted by Gasteiger charge is -2.12. The second-order valence-corrected chi connectivity index (χ2v) is 7.92. The van der Waals surface area contributed by atoms with Crippen molar-refractivity contribution in [3.8, 4) is 5.69 Å². The topological polar surface area (TPSA) is 93.8 Å². The van der Waals surface area contributed by atoms with Gasteiger partial charge in [0, 0.05) is 28.8 Å². The van der Waals surface area contributed by atoms with Crippen LogP contribution >= 0.6 is 11.8 Å². The van der Waals surface area contributed by atoms with Crippen molar-refractivity contribution in [2.24, 2.45) is 0 Å². The fourth-order valence-corrected chi connectivity index (χ4v) is 4.47. The van der Waals surface area contributed by atoms with Gasteiger partial charge in [0.15, 0.2) is 5.16 Å². The van der Waals surface area contributed by atoms with Crippen molar-refractivity contribution >= 4 is 39.4 Å². The highest BCUT2D eigenvalue weighted by atomic mass is 32.2. The third-order valence-electron chi connectivity index (χ3n) is 5.02. The first-order chi connectivity index (χ1) is 15.1. The van der Waals surface area contributed by atoms with Gasteiger partial charge in [0.1, 0.15) is 11.0 Å². The molecular weight excluding hydrogens is 412 g/mol. The molecule has 7 nitrogen and oxygen atoms in total. The largest absolute Gasteiger partial charge is 0.349 e. The van der Waals surface area contributed by atoms with Crippen molar-refractivity contribution in [3.63, 3.8) is 0 Å². The van der Waals surface area contributed by atoms with Crippen LogP contribution in [0.15, 0.2) is 88.8 Å². The maximum atomic E-state index is 13.5. The van der Waals surface area contributed by atoms with E-state index in [0.717, 1.165) is 22.2 Å². The Labute approximate surface area is 180 Å². The maximum absolute atomic E-state index is 13.5. The normalized spacial score (nSPS) is 11.2. The Kier molecular flexibility index (Phi) is 4.76. The van der Waals surface area contributed by atoms with Gasteiger partial charge in [-0.25, -0.2) is 4.98 Å². The quantitative estimate of drug-likeness (QED) is 0.183. The molecule has 0 fully saturated rings. The van der Waals surface area contributed by atoms with E-state index in [0.29, 0.717) is 21.9 Å². The van der Waals surface area contributed by atoms with Crippen molar-refractivity contribution < 1.29 is 4.92 Å². The van der Waals surface area contributed by atoms with E-state index in [9.17, 15) is 14.9 Å². The van der Waals surface area contributed by atoms with Gasteiger partial charge >= 0.3 is 0 Å². The lowest BCUT2D eigenvalue weighted by Crippen LogP contribution is -2.21. The summed E-state index contributed by atoms with van der Waals surface area (Å²) < 4.78 is 1.60. The monoisotopic (exact) mass is 428 g/mol. The highest BCUT2D eigenvalue weighted by molar-refractivity contribution is 7.98. The molecule has 0 saturated heterocycles. The van der Waals surface area contributed by atoms with Crippen molar-refractivity contribution in [2.45, 2.75) is 10.9 Å². The molecule has 2 heterocycles. The van der Waals surface area contributed by atoms with E-state index in [1.54, 1.807) is 16.7 Å². The standard InChI is InChI=1S/C23H16N4O3S/c28-22-21-20(18-8-4-5-9-19(18)24-21)25-23(26(22)16-6-2-1-3-7-16)31-14-15-10-12-17(13-11-15)27(29)30/h1-13,24H,14H2. The summed E-state index contributed by atoms with van der Waals surface area (Å²) in [6.07, 6.45) is 0. The van der Waals surface area contributed by atoms with E-state index in [4.69, 9.17) is 4.98 Å². The van der Waals surface area contributed by atoms with E-state index < -0.39 is 4.92 Å². The number of thioether (sulfide) groups is 1. The summed E-state index contributed by atoms with van der Waals surface area (Å²) in [5.41, 5.74) is 3.48. The molecule has 0 spiro atoms. The summed E-state index contributed by atoms with van der Waals surface area (Å²) in [4.78, 5) is 32.0. The second-order valence-electron chi connectivity index (χ2n) is 6.98. The van der Waals surface area contributed by atoms with Crippen molar-refractivity contribution in [1.82, 2.24) is 14.5 Å². The zero-order valence-corrected chi connectivity index (χ0v) is 17.0. The Morgan fingerprint density at radius 1 is 0.968 bits per heavy atom. The van der Waals surface area contributed by atoms with Gasteiger partial charge in [-0.05, 0) is 23.8 Å². The lowest BCUT2D eigenvalue weighted by molar-refractivity contribution is -0.384. The van der Waals surface area contributed by atoms with Crippen LogP contribution in [0.25, 0.3) is 27.6 Å². The average Bonchev–Trinajstić information content (AvgIpc) is 3.18. The number of rotatable bonds is 5. The first-order valence-electron chi connectivity index (χ1n) is 9.57. The minimum absolute atomic E-state index is 0.0493. The number of aromatic nitrogens is 3. The van der Waals surface area contributed by atoms with Crippen LogP contribution in [-0.2, 0) is 5.75 Å². The molecule has 152 valence electrons. The van der Waals surface area contributed by atoms with E-state index in [2.05, 4.69) is 4.98 Å². The first-order valence-corrected chi connectivity index (χ1v) is 10.6. The molecule has 31 heavy (non-hydrogen) atoms. The summed E-state index contributed by atoms with van der Waals surface area (Å²) in [6.45, 7) is 0. The highest BCUT2D eigenvalue weighted by Crippen LogP contribution is 2.28. The molecule has 0 aliphatic carbocycles. The number of non-ortho nitro benzene ring substituents is 1. The van der Waals surface area contributed by atoms with Crippen LogP contribution in [0.2, 0.25) is 0 Å². The number of H-pyrrole nitrogens is 1. The first kappa shape index (κ1) is 19.1. The summed E-state index contributed by atoms with van der Waals surface area (Å²) in [5, 5.41) is 12.3. The molecule has 0 unspecified atom stereocenters. The minimum atomic E-state index is -0.420. The maximum Gasteiger partial charge on any atom is 0.283 e. The van der Waals surface area contributed by atoms with Gasteiger partial charge in [0.25, 0.3) is 11.2 Å². The number of fused-ring (bicyclic) bond motifs is 3. The van der Waals surface area contributed by atoms with E-state index in [1.807, 2.05) is 54.6 Å². The molecule has 0 bridgehead atoms. The number of benzene rings is 3. The van der Waals surface area contributed by atoms with Crippen LogP contribution in [-0.4, -0.2) is 19.5 Å². The second kappa shape index (κ2) is 7.73. The molecule has 0 aliphatic rings. The van der Waals surface area contributed by atoms with E-state index in [-0.39, 0.29) is 11.2 Å². The predicted octanol–water partition coefficient (Wildman–Crippen LogP) is 5.07. The molecule has 2 aromatic heterocycles. The molecule has 0 aliphatic heterocycles. The van der Waals surface area contributed by atoms with Crippen LogP contribution in [0.3, 0.4) is 0 Å². The van der Waals surface area contributed by atoms with Crippen molar-refractivity contribution in [3.05, 3.63) is 105 Å². The van der Waals surface area contributed by atoms with Gasteiger partial charge in [-0.1, -0.05) is 60.3 Å². The third-order valence-corrected chi connectivity index (χ3v) is 6.03. The fraction of sp³-hybridized carbons (Fsp3) is 0.0435. The Morgan fingerprint density at radius 2 is 1.68 bits per heavy atom. The molecule has 3 aromatic carbocycles. The fourth-order valence-electron chi connectivity index (χ4n) is 3.51. The Bertz CT molecular complexity index is 1470. The number of hydrogen-bond donors (Lipinski definition) is 1. The smallest absolute Gasteiger partial charge is 0.283 e. The number of aromatic amines is 1.